The second kappa shape index (κ2) is 4.53. The molecule has 0 saturated heterocycles. The fourth-order valence-corrected chi connectivity index (χ4v) is 2.05. The molecule has 3 rings (SSSR count). The molecule has 2 aromatic rings. The lowest BCUT2D eigenvalue weighted by Gasteiger charge is -2.20. The molecular formula is C11H13ClN6. The van der Waals surface area contributed by atoms with Gasteiger partial charge in [-0.25, -0.2) is 4.68 Å². The van der Waals surface area contributed by atoms with Crippen LogP contribution in [0.5, 0.6) is 0 Å². The van der Waals surface area contributed by atoms with Crippen LogP contribution in [-0.4, -0.2) is 37.3 Å². The van der Waals surface area contributed by atoms with Crippen molar-refractivity contribution >= 4 is 17.5 Å². The highest BCUT2D eigenvalue weighted by molar-refractivity contribution is 6.28. The van der Waals surface area contributed by atoms with E-state index in [1.807, 2.05) is 6.07 Å². The second-order valence-electron chi connectivity index (χ2n) is 4.17. The van der Waals surface area contributed by atoms with Crippen LogP contribution in [-0.2, 0) is 0 Å². The molecule has 1 aliphatic rings. The van der Waals surface area contributed by atoms with Crippen molar-refractivity contribution in [2.24, 2.45) is 0 Å². The number of anilines is 1. The van der Waals surface area contributed by atoms with Crippen LogP contribution in [0, 0.1) is 0 Å². The third-order valence-corrected chi connectivity index (χ3v) is 3.05. The summed E-state index contributed by atoms with van der Waals surface area (Å²) in [6.07, 6.45) is 5.83. The lowest BCUT2D eigenvalue weighted by atomic mass is 10.5. The fourth-order valence-electron chi connectivity index (χ4n) is 1.90. The van der Waals surface area contributed by atoms with Crippen molar-refractivity contribution in [2.75, 3.05) is 11.4 Å². The number of hydrogen-bond acceptors (Lipinski definition) is 5. The van der Waals surface area contributed by atoms with Gasteiger partial charge in [-0.3, -0.25) is 0 Å². The Morgan fingerprint density at radius 2 is 2.22 bits per heavy atom. The van der Waals surface area contributed by atoms with E-state index in [1.54, 1.807) is 17.1 Å². The van der Waals surface area contributed by atoms with Crippen molar-refractivity contribution in [3.63, 3.8) is 0 Å². The average molecular weight is 265 g/mol. The minimum absolute atomic E-state index is 0.199. The van der Waals surface area contributed by atoms with Crippen LogP contribution in [0.15, 0.2) is 18.5 Å². The predicted octanol–water partition coefficient (Wildman–Crippen LogP) is 1.70. The summed E-state index contributed by atoms with van der Waals surface area (Å²) >= 11 is 5.96. The zero-order valence-electron chi connectivity index (χ0n) is 9.99. The van der Waals surface area contributed by atoms with Crippen molar-refractivity contribution in [2.45, 2.75) is 25.8 Å². The number of nitrogens with zero attached hydrogens (tertiary/aromatic N) is 6. The zero-order chi connectivity index (χ0) is 12.5. The van der Waals surface area contributed by atoms with Crippen LogP contribution >= 0.6 is 11.6 Å². The number of aromatic nitrogens is 5. The summed E-state index contributed by atoms with van der Waals surface area (Å²) in [6, 6.07) is 2.36. The van der Waals surface area contributed by atoms with Gasteiger partial charge in [-0.05, 0) is 37.4 Å². The molecule has 0 unspecified atom stereocenters. The summed E-state index contributed by atoms with van der Waals surface area (Å²) in [4.78, 5) is 14.9. The van der Waals surface area contributed by atoms with E-state index in [4.69, 9.17) is 11.6 Å². The number of hydrogen-bond donors (Lipinski definition) is 0. The third kappa shape index (κ3) is 2.15. The molecule has 94 valence electrons. The smallest absolute Gasteiger partial charge is 0.256 e. The molecule has 0 bridgehead atoms. The molecule has 1 aliphatic carbocycles. The second-order valence-corrected chi connectivity index (χ2v) is 4.51. The van der Waals surface area contributed by atoms with Crippen LogP contribution < -0.4 is 4.90 Å². The first-order valence-electron chi connectivity index (χ1n) is 5.96. The van der Waals surface area contributed by atoms with E-state index in [0.29, 0.717) is 17.9 Å². The summed E-state index contributed by atoms with van der Waals surface area (Å²) < 4.78 is 1.58. The SMILES string of the molecule is CCN(c1nc(Cl)nc(-n2cccn2)n1)C1CC1. The first kappa shape index (κ1) is 11.4. The molecule has 2 aromatic heterocycles. The largest absolute Gasteiger partial charge is 0.338 e. The minimum atomic E-state index is 0.199. The fraction of sp³-hybridized carbons (Fsp3) is 0.455. The maximum absolute atomic E-state index is 5.96. The molecule has 0 aliphatic heterocycles. The Balaban J connectivity index is 1.99. The summed E-state index contributed by atoms with van der Waals surface area (Å²) in [5.41, 5.74) is 0. The van der Waals surface area contributed by atoms with Crippen LogP contribution in [0.2, 0.25) is 5.28 Å². The lowest BCUT2D eigenvalue weighted by molar-refractivity contribution is 0.745. The van der Waals surface area contributed by atoms with E-state index >= 15 is 0 Å². The van der Waals surface area contributed by atoms with Crippen LogP contribution in [0.1, 0.15) is 19.8 Å². The first-order chi connectivity index (χ1) is 8.78. The molecular weight excluding hydrogens is 252 g/mol. The Kier molecular flexibility index (Phi) is 2.87. The average Bonchev–Trinajstić information content (AvgIpc) is 3.04. The van der Waals surface area contributed by atoms with Crippen LogP contribution in [0.4, 0.5) is 5.95 Å². The topological polar surface area (TPSA) is 59.7 Å². The third-order valence-electron chi connectivity index (χ3n) is 2.88. The molecule has 1 fully saturated rings. The quantitative estimate of drug-likeness (QED) is 0.841. The van der Waals surface area contributed by atoms with Gasteiger partial charge in [0.15, 0.2) is 0 Å². The standard InChI is InChI=1S/C11H13ClN6/c1-2-17(8-4-5-8)10-14-9(12)15-11(16-10)18-7-3-6-13-18/h3,6-8H,2,4-5H2,1H3. The number of rotatable bonds is 4. The molecule has 7 heteroatoms. The highest BCUT2D eigenvalue weighted by Gasteiger charge is 2.30. The van der Waals surface area contributed by atoms with E-state index in [-0.39, 0.29) is 5.28 Å². The summed E-state index contributed by atoms with van der Waals surface area (Å²) in [5, 5.41) is 4.30. The molecule has 2 heterocycles. The van der Waals surface area contributed by atoms with Crippen molar-refractivity contribution in [3.8, 4) is 5.95 Å². The lowest BCUT2D eigenvalue weighted by Crippen LogP contribution is -2.27. The van der Waals surface area contributed by atoms with Crippen molar-refractivity contribution < 1.29 is 0 Å². The molecule has 0 aromatic carbocycles. The minimum Gasteiger partial charge on any atom is -0.338 e. The molecule has 18 heavy (non-hydrogen) atoms. The van der Waals surface area contributed by atoms with Crippen molar-refractivity contribution in [1.29, 1.82) is 0 Å². The van der Waals surface area contributed by atoms with Gasteiger partial charge in [0.05, 0.1) is 0 Å². The molecule has 0 spiro atoms. The van der Waals surface area contributed by atoms with Gasteiger partial charge in [0.2, 0.25) is 11.2 Å². The van der Waals surface area contributed by atoms with Gasteiger partial charge in [0.1, 0.15) is 0 Å². The normalized spacial score (nSPS) is 14.8. The number of halogens is 1. The molecule has 0 amide bonds. The van der Waals surface area contributed by atoms with E-state index in [0.717, 1.165) is 6.54 Å². The van der Waals surface area contributed by atoms with Crippen LogP contribution in [0.25, 0.3) is 5.95 Å². The van der Waals surface area contributed by atoms with Gasteiger partial charge in [-0.15, -0.1) is 0 Å². The highest BCUT2D eigenvalue weighted by Crippen LogP contribution is 2.29. The molecule has 0 N–H and O–H groups in total. The zero-order valence-corrected chi connectivity index (χ0v) is 10.7. The van der Waals surface area contributed by atoms with E-state index < -0.39 is 0 Å². The summed E-state index contributed by atoms with van der Waals surface area (Å²) in [5.74, 6) is 1.08. The van der Waals surface area contributed by atoms with E-state index in [1.165, 1.54) is 12.8 Å². The first-order valence-corrected chi connectivity index (χ1v) is 6.34. The Labute approximate surface area is 110 Å². The van der Waals surface area contributed by atoms with Gasteiger partial charge in [-0.1, -0.05) is 0 Å². The summed E-state index contributed by atoms with van der Waals surface area (Å²) in [7, 11) is 0. The monoisotopic (exact) mass is 264 g/mol. The highest BCUT2D eigenvalue weighted by atomic mass is 35.5. The Hall–Kier alpha value is -1.69. The van der Waals surface area contributed by atoms with E-state index in [9.17, 15) is 0 Å². The van der Waals surface area contributed by atoms with Crippen molar-refractivity contribution in [3.05, 3.63) is 23.7 Å². The Morgan fingerprint density at radius 3 is 2.83 bits per heavy atom. The van der Waals surface area contributed by atoms with Gasteiger partial charge in [-0.2, -0.15) is 20.1 Å². The maximum atomic E-state index is 5.96. The van der Waals surface area contributed by atoms with Crippen molar-refractivity contribution in [1.82, 2.24) is 24.7 Å². The van der Waals surface area contributed by atoms with E-state index in [2.05, 4.69) is 31.9 Å². The van der Waals surface area contributed by atoms with Gasteiger partial charge in [0, 0.05) is 25.0 Å². The maximum Gasteiger partial charge on any atom is 0.256 e. The predicted molar refractivity (Wildman–Crippen MR) is 68.0 cm³/mol. The molecule has 1 saturated carbocycles. The van der Waals surface area contributed by atoms with Gasteiger partial charge >= 0.3 is 0 Å². The Morgan fingerprint density at radius 1 is 1.39 bits per heavy atom. The summed E-state index contributed by atoms with van der Waals surface area (Å²) in [6.45, 7) is 2.95. The van der Waals surface area contributed by atoms with Crippen LogP contribution in [0.3, 0.4) is 0 Å². The molecule has 0 atom stereocenters. The van der Waals surface area contributed by atoms with Gasteiger partial charge in [0.25, 0.3) is 5.95 Å². The Bertz CT molecular complexity index is 536. The molecule has 6 nitrogen and oxygen atoms in total. The van der Waals surface area contributed by atoms with Gasteiger partial charge < -0.3 is 4.90 Å². The molecule has 0 radical (unpaired) electrons.